The SMILES string of the molecule is C1CCC(N2C[C@H]3CC[C@@H](C2)N3)CC1.C=O.Cc1ccc(Nc2nc(-c3sc(C)nc3C)cs2)nc1. The second-order valence-electron chi connectivity index (χ2n) is 9.91. The van der Waals surface area contributed by atoms with Gasteiger partial charge in [0.2, 0.25) is 0 Å². The number of likely N-dealkylation sites (tertiary alicyclic amines) is 1. The molecule has 3 aliphatic rings. The lowest BCUT2D eigenvalue weighted by Crippen LogP contribution is -2.54. The molecule has 0 radical (unpaired) electrons. The number of thiazole rings is 2. The molecule has 2 saturated heterocycles. The maximum absolute atomic E-state index is 8.00. The fraction of sp³-hybridized carbons (Fsp3) is 0.556. The van der Waals surface area contributed by atoms with Crippen LogP contribution in [0.1, 0.15) is 61.2 Å². The van der Waals surface area contributed by atoms with Crippen LogP contribution in [0.4, 0.5) is 10.9 Å². The zero-order valence-electron chi connectivity index (χ0n) is 21.6. The molecule has 2 N–H and O–H groups in total. The predicted molar refractivity (Wildman–Crippen MR) is 150 cm³/mol. The van der Waals surface area contributed by atoms with Crippen LogP contribution in [0.2, 0.25) is 0 Å². The van der Waals surface area contributed by atoms with Crippen molar-refractivity contribution in [2.75, 3.05) is 18.4 Å². The molecule has 3 aromatic heterocycles. The van der Waals surface area contributed by atoms with Gasteiger partial charge in [0.15, 0.2) is 5.13 Å². The molecule has 1 saturated carbocycles. The Morgan fingerprint density at radius 2 is 1.72 bits per heavy atom. The van der Waals surface area contributed by atoms with Gasteiger partial charge in [-0.05, 0) is 58.1 Å². The van der Waals surface area contributed by atoms with Crippen molar-refractivity contribution < 1.29 is 4.79 Å². The Morgan fingerprint density at radius 3 is 2.33 bits per heavy atom. The summed E-state index contributed by atoms with van der Waals surface area (Å²) in [6.45, 7) is 10.7. The summed E-state index contributed by atoms with van der Waals surface area (Å²) in [4.78, 5) is 25.3. The van der Waals surface area contributed by atoms with Crippen molar-refractivity contribution in [2.45, 2.75) is 83.8 Å². The molecule has 0 amide bonds. The van der Waals surface area contributed by atoms with Gasteiger partial charge in [-0.1, -0.05) is 25.3 Å². The predicted octanol–water partition coefficient (Wildman–Crippen LogP) is 5.90. The van der Waals surface area contributed by atoms with E-state index in [0.29, 0.717) is 0 Å². The molecule has 0 aromatic carbocycles. The van der Waals surface area contributed by atoms with E-state index < -0.39 is 0 Å². The lowest BCUT2D eigenvalue weighted by molar-refractivity contribution is -0.0979. The van der Waals surface area contributed by atoms with Crippen molar-refractivity contribution in [1.29, 1.82) is 0 Å². The van der Waals surface area contributed by atoms with Gasteiger partial charge in [-0.2, -0.15) is 0 Å². The van der Waals surface area contributed by atoms with Crippen LogP contribution >= 0.6 is 22.7 Å². The summed E-state index contributed by atoms with van der Waals surface area (Å²) >= 11 is 3.26. The van der Waals surface area contributed by atoms with Gasteiger partial charge in [0.1, 0.15) is 12.6 Å². The summed E-state index contributed by atoms with van der Waals surface area (Å²) < 4.78 is 0. The summed E-state index contributed by atoms with van der Waals surface area (Å²) in [6.07, 6.45) is 12.1. The number of anilines is 2. The Bertz CT molecular complexity index is 1080. The molecule has 2 aliphatic heterocycles. The Labute approximate surface area is 222 Å². The Hall–Kier alpha value is -2.20. The molecule has 3 aromatic rings. The number of fused-ring (bicyclic) bond motifs is 2. The lowest BCUT2D eigenvalue weighted by Gasteiger charge is -2.40. The third-order valence-electron chi connectivity index (χ3n) is 7.12. The number of rotatable bonds is 4. The lowest BCUT2D eigenvalue weighted by atomic mass is 9.93. The molecular weight excluding hydrogens is 488 g/mol. The second kappa shape index (κ2) is 12.9. The average molecular weight is 527 g/mol. The van der Waals surface area contributed by atoms with Crippen molar-refractivity contribution in [3.63, 3.8) is 0 Å². The minimum atomic E-state index is 0.814. The smallest absolute Gasteiger partial charge is 0.188 e. The van der Waals surface area contributed by atoms with E-state index in [1.54, 1.807) is 22.7 Å². The number of pyridine rings is 1. The van der Waals surface area contributed by atoms with Gasteiger partial charge in [0.05, 0.1) is 21.3 Å². The molecule has 0 spiro atoms. The van der Waals surface area contributed by atoms with Crippen LogP contribution in [0, 0.1) is 20.8 Å². The van der Waals surface area contributed by atoms with E-state index in [1.807, 2.05) is 45.9 Å². The van der Waals surface area contributed by atoms with E-state index in [4.69, 9.17) is 4.79 Å². The molecule has 194 valence electrons. The van der Waals surface area contributed by atoms with Crippen molar-refractivity contribution >= 4 is 40.4 Å². The van der Waals surface area contributed by atoms with Gasteiger partial charge in [-0.15, -0.1) is 22.7 Å². The van der Waals surface area contributed by atoms with Gasteiger partial charge < -0.3 is 15.4 Å². The fourth-order valence-electron chi connectivity index (χ4n) is 5.43. The molecule has 2 atom stereocenters. The molecule has 6 rings (SSSR count). The molecule has 1 aliphatic carbocycles. The number of hydrogen-bond acceptors (Lipinski definition) is 9. The van der Waals surface area contributed by atoms with E-state index in [-0.39, 0.29) is 0 Å². The van der Waals surface area contributed by atoms with Crippen LogP contribution in [-0.2, 0) is 4.79 Å². The summed E-state index contributed by atoms with van der Waals surface area (Å²) in [5.74, 6) is 0.814. The van der Waals surface area contributed by atoms with E-state index in [2.05, 4.69) is 35.9 Å². The van der Waals surface area contributed by atoms with E-state index in [9.17, 15) is 0 Å². The summed E-state index contributed by atoms with van der Waals surface area (Å²) in [7, 11) is 0. The van der Waals surface area contributed by atoms with Crippen molar-refractivity contribution in [3.05, 3.63) is 40.0 Å². The first-order valence-corrected chi connectivity index (χ1v) is 14.6. The highest BCUT2D eigenvalue weighted by molar-refractivity contribution is 7.16. The Balaban J connectivity index is 0.000000166. The first kappa shape index (κ1) is 26.9. The largest absolute Gasteiger partial charge is 0.316 e. The van der Waals surface area contributed by atoms with Crippen LogP contribution in [0.3, 0.4) is 0 Å². The summed E-state index contributed by atoms with van der Waals surface area (Å²) in [5.41, 5.74) is 3.16. The van der Waals surface area contributed by atoms with Crippen molar-refractivity contribution in [2.24, 2.45) is 0 Å². The highest BCUT2D eigenvalue weighted by Crippen LogP contribution is 2.33. The fourth-order valence-corrected chi connectivity index (χ4v) is 7.09. The first-order valence-electron chi connectivity index (χ1n) is 12.9. The van der Waals surface area contributed by atoms with E-state index in [0.717, 1.165) is 55.9 Å². The minimum absolute atomic E-state index is 0.814. The van der Waals surface area contributed by atoms with Crippen LogP contribution in [0.15, 0.2) is 23.7 Å². The van der Waals surface area contributed by atoms with Crippen LogP contribution in [0.25, 0.3) is 10.6 Å². The van der Waals surface area contributed by atoms with Gasteiger partial charge >= 0.3 is 0 Å². The van der Waals surface area contributed by atoms with E-state index >= 15 is 0 Å². The molecule has 5 heterocycles. The van der Waals surface area contributed by atoms with Gasteiger partial charge in [-0.3, -0.25) is 4.90 Å². The van der Waals surface area contributed by atoms with Gasteiger partial charge in [0, 0.05) is 42.8 Å². The van der Waals surface area contributed by atoms with Crippen LogP contribution < -0.4 is 10.6 Å². The molecule has 7 nitrogen and oxygen atoms in total. The maximum Gasteiger partial charge on any atom is 0.188 e. The molecule has 3 fully saturated rings. The third-order valence-corrected chi connectivity index (χ3v) is 8.98. The number of nitrogens with zero attached hydrogens (tertiary/aromatic N) is 4. The monoisotopic (exact) mass is 526 g/mol. The van der Waals surface area contributed by atoms with E-state index in [1.165, 1.54) is 58.0 Å². The normalized spacial score (nSPS) is 21.8. The van der Waals surface area contributed by atoms with Gasteiger partial charge in [-0.25, -0.2) is 15.0 Å². The summed E-state index contributed by atoms with van der Waals surface area (Å²) in [5, 5.41) is 10.9. The Morgan fingerprint density at radius 1 is 1.00 bits per heavy atom. The highest BCUT2D eigenvalue weighted by atomic mass is 32.1. The molecule has 0 unspecified atom stereocenters. The Kier molecular flexibility index (Phi) is 9.59. The standard InChI is InChI=1S/C14H14N4S2.C12H22N2.CH2O/c1-8-4-5-12(15-6-8)18-14-17-11(7-19-14)13-9(2)16-10(3)20-13;1-2-4-12(5-3-1)14-8-10-6-7-11(9-14)13-10;1-2/h4-7H,1-3H3,(H,15,17,18);10-13H,1-9H2;1H2/t;10-,11+;. The third kappa shape index (κ3) is 6.97. The van der Waals surface area contributed by atoms with Gasteiger partial charge in [0.25, 0.3) is 0 Å². The van der Waals surface area contributed by atoms with Crippen LogP contribution in [-0.4, -0.2) is 57.9 Å². The number of carbonyl (C=O) groups is 1. The number of aryl methyl sites for hydroxylation is 3. The quantitative estimate of drug-likeness (QED) is 0.438. The number of aromatic nitrogens is 3. The first-order chi connectivity index (χ1) is 17.5. The second-order valence-corrected chi connectivity index (χ2v) is 12.0. The van der Waals surface area contributed by atoms with Crippen molar-refractivity contribution in [3.8, 4) is 10.6 Å². The zero-order valence-corrected chi connectivity index (χ0v) is 23.3. The minimum Gasteiger partial charge on any atom is -0.316 e. The van der Waals surface area contributed by atoms with Crippen molar-refractivity contribution in [1.82, 2.24) is 25.2 Å². The highest BCUT2D eigenvalue weighted by Gasteiger charge is 2.35. The number of hydrogen-bond donors (Lipinski definition) is 2. The zero-order chi connectivity index (χ0) is 25.5. The summed E-state index contributed by atoms with van der Waals surface area (Å²) in [6, 6.07) is 6.58. The number of piperazine rings is 1. The molecule has 36 heavy (non-hydrogen) atoms. The molecule has 9 heteroatoms. The number of carbonyl (C=O) groups excluding carboxylic acids is 1. The average Bonchev–Trinajstić information content (AvgIpc) is 3.60. The molecule has 2 bridgehead atoms. The number of nitrogens with one attached hydrogen (secondary N) is 2. The van der Waals surface area contributed by atoms with Crippen LogP contribution in [0.5, 0.6) is 0 Å². The maximum atomic E-state index is 8.00. The molecular formula is C27H38N6OS2. The topological polar surface area (TPSA) is 83.0 Å².